The van der Waals surface area contributed by atoms with Crippen LogP contribution in [0, 0.1) is 6.07 Å². The number of aliphatic hydroxyl groups is 1. The number of rotatable bonds is 3. The molecule has 2 heteroatoms. The highest BCUT2D eigenvalue weighted by atomic mass is 16.6. The van der Waals surface area contributed by atoms with E-state index in [-0.39, 0.29) is 0 Å². The molecule has 1 N–H and O–H groups in total. The third-order valence-electron chi connectivity index (χ3n) is 1.47. The van der Waals surface area contributed by atoms with E-state index in [1.165, 1.54) is 7.11 Å². The van der Waals surface area contributed by atoms with Crippen molar-refractivity contribution in [1.29, 1.82) is 0 Å². The van der Waals surface area contributed by atoms with Crippen LogP contribution < -0.4 is 0 Å². The molecule has 1 aromatic carbocycles. The predicted molar refractivity (Wildman–Crippen MR) is 42.0 cm³/mol. The molecule has 0 bridgehead atoms. The summed E-state index contributed by atoms with van der Waals surface area (Å²) in [6.45, 7) is 0. The van der Waals surface area contributed by atoms with E-state index >= 15 is 0 Å². The lowest BCUT2D eigenvalue weighted by molar-refractivity contribution is -0.0720. The molecule has 11 heavy (non-hydrogen) atoms. The highest BCUT2D eigenvalue weighted by molar-refractivity contribution is 5.14. The fraction of sp³-hybridized carbons (Fsp3) is 0.333. The Labute approximate surface area is 66.4 Å². The van der Waals surface area contributed by atoms with Gasteiger partial charge in [-0.2, -0.15) is 0 Å². The first kappa shape index (κ1) is 8.24. The first-order valence-electron chi connectivity index (χ1n) is 3.49. The van der Waals surface area contributed by atoms with Crippen LogP contribution in [-0.2, 0) is 11.2 Å². The van der Waals surface area contributed by atoms with Gasteiger partial charge in [0.05, 0.1) is 0 Å². The van der Waals surface area contributed by atoms with E-state index in [2.05, 4.69) is 6.07 Å². The minimum Gasteiger partial charge on any atom is -0.368 e. The minimum absolute atomic E-state index is 0.533. The average Bonchev–Trinajstić information content (AvgIpc) is 2.06. The quantitative estimate of drug-likeness (QED) is 0.653. The molecule has 0 amide bonds. The van der Waals surface area contributed by atoms with Crippen LogP contribution in [0.15, 0.2) is 24.3 Å². The summed E-state index contributed by atoms with van der Waals surface area (Å²) in [4.78, 5) is 0. The number of hydrogen-bond donors (Lipinski definition) is 1. The van der Waals surface area contributed by atoms with E-state index in [1.807, 2.05) is 24.3 Å². The van der Waals surface area contributed by atoms with Crippen molar-refractivity contribution >= 4 is 0 Å². The van der Waals surface area contributed by atoms with Gasteiger partial charge in [-0.1, -0.05) is 24.3 Å². The third-order valence-corrected chi connectivity index (χ3v) is 1.47. The van der Waals surface area contributed by atoms with E-state index in [1.54, 1.807) is 0 Å². The van der Waals surface area contributed by atoms with Gasteiger partial charge in [0, 0.05) is 13.5 Å². The molecule has 0 aliphatic rings. The summed E-state index contributed by atoms with van der Waals surface area (Å²) in [7, 11) is 1.49. The molecule has 0 aliphatic carbocycles. The van der Waals surface area contributed by atoms with Crippen LogP contribution >= 0.6 is 0 Å². The maximum Gasteiger partial charge on any atom is 0.158 e. The van der Waals surface area contributed by atoms with Crippen LogP contribution in [0.5, 0.6) is 0 Å². The van der Waals surface area contributed by atoms with Crippen molar-refractivity contribution in [2.45, 2.75) is 12.7 Å². The Hall–Kier alpha value is -0.860. The normalized spacial score (nSPS) is 12.9. The Morgan fingerprint density at radius 1 is 1.55 bits per heavy atom. The molecule has 1 aromatic rings. The zero-order valence-corrected chi connectivity index (χ0v) is 6.45. The molecule has 1 atom stereocenters. The van der Waals surface area contributed by atoms with Crippen molar-refractivity contribution < 1.29 is 9.84 Å². The van der Waals surface area contributed by atoms with E-state index < -0.39 is 6.29 Å². The molecule has 59 valence electrons. The highest BCUT2D eigenvalue weighted by Gasteiger charge is 2.00. The molecule has 1 unspecified atom stereocenters. The molecular formula is C9H11O2. The molecule has 0 fully saturated rings. The van der Waals surface area contributed by atoms with Crippen molar-refractivity contribution in [3.63, 3.8) is 0 Å². The summed E-state index contributed by atoms with van der Waals surface area (Å²) >= 11 is 0. The summed E-state index contributed by atoms with van der Waals surface area (Å²) in [6, 6.07) is 10.3. The Kier molecular flexibility index (Phi) is 3.08. The van der Waals surface area contributed by atoms with Crippen molar-refractivity contribution in [3.05, 3.63) is 35.9 Å². The lowest BCUT2D eigenvalue weighted by Gasteiger charge is -2.06. The van der Waals surface area contributed by atoms with Gasteiger partial charge >= 0.3 is 0 Å². The van der Waals surface area contributed by atoms with Crippen molar-refractivity contribution in [2.75, 3.05) is 7.11 Å². The van der Waals surface area contributed by atoms with Gasteiger partial charge in [-0.15, -0.1) is 0 Å². The topological polar surface area (TPSA) is 29.5 Å². The average molecular weight is 151 g/mol. The molecule has 0 saturated carbocycles. The van der Waals surface area contributed by atoms with Crippen molar-refractivity contribution in [3.8, 4) is 0 Å². The summed E-state index contributed by atoms with van der Waals surface area (Å²) < 4.78 is 4.70. The second kappa shape index (κ2) is 4.11. The number of ether oxygens (including phenoxy) is 1. The molecule has 0 aromatic heterocycles. The van der Waals surface area contributed by atoms with Crippen LogP contribution in [0.1, 0.15) is 5.56 Å². The Balaban J connectivity index is 2.51. The Morgan fingerprint density at radius 2 is 2.18 bits per heavy atom. The number of methoxy groups -OCH3 is 1. The summed E-state index contributed by atoms with van der Waals surface area (Å²) in [5.41, 5.74) is 1.05. The summed E-state index contributed by atoms with van der Waals surface area (Å²) in [5, 5.41) is 9.08. The zero-order chi connectivity index (χ0) is 8.10. The monoisotopic (exact) mass is 151 g/mol. The van der Waals surface area contributed by atoms with Crippen LogP contribution in [0.25, 0.3) is 0 Å². The molecule has 1 radical (unpaired) electrons. The number of aliphatic hydroxyl groups excluding tert-OH is 1. The van der Waals surface area contributed by atoms with Crippen LogP contribution in [0.2, 0.25) is 0 Å². The largest absolute Gasteiger partial charge is 0.368 e. The van der Waals surface area contributed by atoms with E-state index in [4.69, 9.17) is 9.84 Å². The standard InChI is InChI=1S/C9H11O2/c1-11-9(10)7-8-5-3-2-4-6-8/h3-6,9-10H,7H2,1H3. The summed E-state index contributed by atoms with van der Waals surface area (Å²) in [6.07, 6.45) is -0.164. The van der Waals surface area contributed by atoms with Crippen LogP contribution in [0.4, 0.5) is 0 Å². The van der Waals surface area contributed by atoms with Gasteiger partial charge in [-0.25, -0.2) is 0 Å². The molecule has 0 heterocycles. The number of hydrogen-bond acceptors (Lipinski definition) is 2. The lowest BCUT2D eigenvalue weighted by Crippen LogP contribution is -2.11. The second-order valence-corrected chi connectivity index (χ2v) is 2.30. The van der Waals surface area contributed by atoms with Crippen molar-refractivity contribution in [2.24, 2.45) is 0 Å². The van der Waals surface area contributed by atoms with Gasteiger partial charge in [-0.3, -0.25) is 0 Å². The van der Waals surface area contributed by atoms with Gasteiger partial charge in [-0.05, 0) is 11.6 Å². The molecule has 0 spiro atoms. The fourth-order valence-electron chi connectivity index (χ4n) is 0.842. The van der Waals surface area contributed by atoms with Gasteiger partial charge in [0.25, 0.3) is 0 Å². The van der Waals surface area contributed by atoms with Gasteiger partial charge in [0.15, 0.2) is 6.29 Å². The highest BCUT2D eigenvalue weighted by Crippen LogP contribution is 2.02. The van der Waals surface area contributed by atoms with E-state index in [9.17, 15) is 0 Å². The van der Waals surface area contributed by atoms with Gasteiger partial charge < -0.3 is 9.84 Å². The maximum atomic E-state index is 9.08. The SMILES string of the molecule is COC(O)Cc1cc[c]cc1. The van der Waals surface area contributed by atoms with Crippen LogP contribution in [0.3, 0.4) is 0 Å². The van der Waals surface area contributed by atoms with E-state index in [0.29, 0.717) is 6.42 Å². The van der Waals surface area contributed by atoms with Crippen LogP contribution in [-0.4, -0.2) is 18.5 Å². The molecule has 1 rings (SSSR count). The summed E-state index contributed by atoms with van der Waals surface area (Å²) in [5.74, 6) is 0. The Bertz CT molecular complexity index is 196. The zero-order valence-electron chi connectivity index (χ0n) is 6.45. The molecule has 2 nitrogen and oxygen atoms in total. The lowest BCUT2D eigenvalue weighted by atomic mass is 10.1. The third kappa shape index (κ3) is 2.70. The van der Waals surface area contributed by atoms with Gasteiger partial charge in [0.2, 0.25) is 0 Å². The fourth-order valence-corrected chi connectivity index (χ4v) is 0.842. The maximum absolute atomic E-state index is 9.08. The molecule has 0 saturated heterocycles. The Morgan fingerprint density at radius 3 is 2.73 bits per heavy atom. The van der Waals surface area contributed by atoms with E-state index in [0.717, 1.165) is 5.56 Å². The minimum atomic E-state index is -0.697. The van der Waals surface area contributed by atoms with Crippen molar-refractivity contribution in [1.82, 2.24) is 0 Å². The van der Waals surface area contributed by atoms with Gasteiger partial charge in [0.1, 0.15) is 0 Å². The molecular weight excluding hydrogens is 140 g/mol. The second-order valence-electron chi connectivity index (χ2n) is 2.30. The number of benzene rings is 1. The first-order valence-corrected chi connectivity index (χ1v) is 3.49. The first-order chi connectivity index (χ1) is 5.33. The smallest absolute Gasteiger partial charge is 0.158 e. The predicted octanol–water partition coefficient (Wildman–Crippen LogP) is 0.994. The molecule has 0 aliphatic heterocycles.